The minimum absolute atomic E-state index is 0.0483. The summed E-state index contributed by atoms with van der Waals surface area (Å²) < 4.78 is 5.42. The molecule has 0 aromatic heterocycles. The second kappa shape index (κ2) is 48.7. The number of esters is 1. The van der Waals surface area contributed by atoms with E-state index in [1.54, 1.807) is 6.08 Å². The van der Waals surface area contributed by atoms with E-state index < -0.39 is 12.1 Å². The Morgan fingerprint density at radius 3 is 1.27 bits per heavy atom. The molecule has 0 fully saturated rings. The van der Waals surface area contributed by atoms with Crippen LogP contribution in [0.25, 0.3) is 0 Å². The second-order valence-corrected chi connectivity index (χ2v) is 17.5. The van der Waals surface area contributed by atoms with E-state index in [0.29, 0.717) is 19.4 Å². The summed E-state index contributed by atoms with van der Waals surface area (Å²) in [4.78, 5) is 24.4. The van der Waals surface area contributed by atoms with Crippen molar-refractivity contribution in [3.63, 3.8) is 0 Å². The van der Waals surface area contributed by atoms with Crippen LogP contribution in [-0.2, 0) is 14.3 Å². The van der Waals surface area contributed by atoms with E-state index in [1.807, 2.05) is 6.08 Å². The SMILES string of the molecule is CCCCC/C=C\CCCCCCCC(=O)OCCCCCC/C=C\CCCC(=O)NC(CO)C(O)/C=C/CCCCCCCCCCCCCCCCCCCCC. The van der Waals surface area contributed by atoms with Gasteiger partial charge in [-0.1, -0.05) is 211 Å². The van der Waals surface area contributed by atoms with Crippen molar-refractivity contribution < 1.29 is 24.5 Å². The van der Waals surface area contributed by atoms with Gasteiger partial charge in [0.15, 0.2) is 0 Å². The zero-order valence-electron chi connectivity index (χ0n) is 39.2. The summed E-state index contributed by atoms with van der Waals surface area (Å²) in [6.07, 6.45) is 58.7. The van der Waals surface area contributed by atoms with Gasteiger partial charge in [-0.15, -0.1) is 0 Å². The maximum absolute atomic E-state index is 12.4. The number of rotatable bonds is 47. The zero-order valence-corrected chi connectivity index (χ0v) is 39.2. The normalized spacial score (nSPS) is 12.9. The minimum atomic E-state index is -0.876. The van der Waals surface area contributed by atoms with Gasteiger partial charge in [0.25, 0.3) is 0 Å². The number of aliphatic hydroxyl groups excluding tert-OH is 2. The van der Waals surface area contributed by atoms with Crippen LogP contribution < -0.4 is 5.32 Å². The highest BCUT2D eigenvalue weighted by Gasteiger charge is 2.17. The number of carbonyl (C=O) groups excluding carboxylic acids is 2. The molecule has 2 atom stereocenters. The molecule has 0 aliphatic heterocycles. The first-order valence-electron chi connectivity index (χ1n) is 25.8. The van der Waals surface area contributed by atoms with Crippen LogP contribution in [0.4, 0.5) is 0 Å². The number of carbonyl (C=O) groups is 2. The molecule has 0 spiro atoms. The standard InChI is InChI=1S/C53H99NO5/c1-3-5-7-9-11-13-15-17-18-19-20-21-22-23-24-25-26-29-33-37-41-45-51(56)50(49-55)54-52(57)46-42-38-34-30-28-32-36-40-44-48-59-53(58)47-43-39-35-31-27-16-14-12-10-8-6-4-2/h12,14,30,34,41,45,50-51,55-56H,3-11,13,15-29,31-33,35-40,42-44,46-49H2,1-2H3,(H,54,57)/b14-12-,34-30-,45-41+. The fourth-order valence-electron chi connectivity index (χ4n) is 7.63. The average molecular weight is 830 g/mol. The zero-order chi connectivity index (χ0) is 43.0. The molecule has 346 valence electrons. The molecule has 3 N–H and O–H groups in total. The summed E-state index contributed by atoms with van der Waals surface area (Å²) in [5.74, 6) is -0.177. The summed E-state index contributed by atoms with van der Waals surface area (Å²) in [6.45, 7) is 4.78. The van der Waals surface area contributed by atoms with Gasteiger partial charge < -0.3 is 20.3 Å². The Morgan fingerprint density at radius 1 is 0.458 bits per heavy atom. The molecule has 0 aliphatic rings. The van der Waals surface area contributed by atoms with Crippen LogP contribution in [0.3, 0.4) is 0 Å². The van der Waals surface area contributed by atoms with Crippen molar-refractivity contribution in [1.29, 1.82) is 0 Å². The van der Waals surface area contributed by atoms with Gasteiger partial charge in [0.2, 0.25) is 5.91 Å². The van der Waals surface area contributed by atoms with Crippen LogP contribution in [-0.4, -0.2) is 47.4 Å². The molecule has 1 amide bonds. The van der Waals surface area contributed by atoms with E-state index in [9.17, 15) is 19.8 Å². The first kappa shape index (κ1) is 57.1. The molecule has 6 nitrogen and oxygen atoms in total. The molecule has 0 radical (unpaired) electrons. The molecule has 59 heavy (non-hydrogen) atoms. The average Bonchev–Trinajstić information content (AvgIpc) is 3.24. The largest absolute Gasteiger partial charge is 0.466 e. The van der Waals surface area contributed by atoms with E-state index >= 15 is 0 Å². The number of ether oxygens (including phenoxy) is 1. The number of aliphatic hydroxyl groups is 2. The van der Waals surface area contributed by atoms with Gasteiger partial charge in [-0.2, -0.15) is 0 Å². The van der Waals surface area contributed by atoms with E-state index in [-0.39, 0.29) is 18.5 Å². The van der Waals surface area contributed by atoms with Crippen LogP contribution >= 0.6 is 0 Å². The fraction of sp³-hybridized carbons (Fsp3) is 0.849. The van der Waals surface area contributed by atoms with Crippen molar-refractivity contribution in [2.45, 2.75) is 276 Å². The number of amides is 1. The lowest BCUT2D eigenvalue weighted by Gasteiger charge is -2.19. The maximum Gasteiger partial charge on any atom is 0.305 e. The van der Waals surface area contributed by atoms with Gasteiger partial charge in [-0.05, 0) is 77.0 Å². The highest BCUT2D eigenvalue weighted by molar-refractivity contribution is 5.76. The minimum Gasteiger partial charge on any atom is -0.466 e. The molecule has 2 unspecified atom stereocenters. The highest BCUT2D eigenvalue weighted by Crippen LogP contribution is 2.16. The predicted octanol–water partition coefficient (Wildman–Crippen LogP) is 15.3. The maximum atomic E-state index is 12.4. The predicted molar refractivity (Wildman–Crippen MR) is 255 cm³/mol. The summed E-state index contributed by atoms with van der Waals surface area (Å²) in [7, 11) is 0. The summed E-state index contributed by atoms with van der Waals surface area (Å²) >= 11 is 0. The lowest BCUT2D eigenvalue weighted by molar-refractivity contribution is -0.143. The van der Waals surface area contributed by atoms with Gasteiger partial charge in [0.1, 0.15) is 0 Å². The molecule has 0 saturated carbocycles. The van der Waals surface area contributed by atoms with Crippen LogP contribution in [0, 0.1) is 0 Å². The number of unbranched alkanes of at least 4 members (excludes halogenated alkanes) is 32. The van der Waals surface area contributed by atoms with Crippen molar-refractivity contribution in [2.24, 2.45) is 0 Å². The Labute approximate surface area is 366 Å². The highest BCUT2D eigenvalue weighted by atomic mass is 16.5. The van der Waals surface area contributed by atoms with E-state index in [1.165, 1.54) is 167 Å². The van der Waals surface area contributed by atoms with E-state index in [4.69, 9.17) is 4.74 Å². The molecule has 0 bridgehead atoms. The van der Waals surface area contributed by atoms with E-state index in [0.717, 1.165) is 70.6 Å². The first-order valence-corrected chi connectivity index (χ1v) is 25.8. The van der Waals surface area contributed by atoms with Crippen molar-refractivity contribution in [3.05, 3.63) is 36.5 Å². The lowest BCUT2D eigenvalue weighted by atomic mass is 10.0. The molecular formula is C53H99NO5. The van der Waals surface area contributed by atoms with Gasteiger partial charge >= 0.3 is 5.97 Å². The number of nitrogens with one attached hydrogen (secondary N) is 1. The third kappa shape index (κ3) is 45.4. The van der Waals surface area contributed by atoms with E-state index in [2.05, 4.69) is 43.5 Å². The van der Waals surface area contributed by atoms with Gasteiger partial charge in [-0.25, -0.2) is 0 Å². The summed E-state index contributed by atoms with van der Waals surface area (Å²) in [5, 5.41) is 23.1. The molecule has 0 saturated heterocycles. The third-order valence-corrected chi connectivity index (χ3v) is 11.6. The molecule has 0 aromatic carbocycles. The van der Waals surface area contributed by atoms with Crippen LogP contribution in [0.5, 0.6) is 0 Å². The molecule has 0 heterocycles. The molecule has 0 aliphatic carbocycles. The van der Waals surface area contributed by atoms with Gasteiger partial charge in [0, 0.05) is 12.8 Å². The Kier molecular flexibility index (Phi) is 47.2. The summed E-state index contributed by atoms with van der Waals surface area (Å²) in [5.41, 5.74) is 0. The van der Waals surface area contributed by atoms with Crippen molar-refractivity contribution in [2.75, 3.05) is 13.2 Å². The Morgan fingerprint density at radius 2 is 0.814 bits per heavy atom. The first-order chi connectivity index (χ1) is 29.0. The van der Waals surface area contributed by atoms with Crippen molar-refractivity contribution in [3.8, 4) is 0 Å². The fourth-order valence-corrected chi connectivity index (χ4v) is 7.63. The third-order valence-electron chi connectivity index (χ3n) is 11.6. The molecule has 0 aromatic rings. The Balaban J connectivity index is 3.59. The van der Waals surface area contributed by atoms with Crippen molar-refractivity contribution >= 4 is 11.9 Å². The smallest absolute Gasteiger partial charge is 0.305 e. The van der Waals surface area contributed by atoms with Crippen LogP contribution in [0.15, 0.2) is 36.5 Å². The Hall–Kier alpha value is -1.92. The monoisotopic (exact) mass is 830 g/mol. The number of hydrogen-bond donors (Lipinski definition) is 3. The molecule has 0 rings (SSSR count). The van der Waals surface area contributed by atoms with Crippen LogP contribution in [0.2, 0.25) is 0 Å². The lowest BCUT2D eigenvalue weighted by Crippen LogP contribution is -2.45. The van der Waals surface area contributed by atoms with Gasteiger partial charge in [0.05, 0.1) is 25.4 Å². The van der Waals surface area contributed by atoms with Crippen molar-refractivity contribution in [1.82, 2.24) is 5.32 Å². The summed E-state index contributed by atoms with van der Waals surface area (Å²) in [6, 6.07) is -0.666. The number of hydrogen-bond acceptors (Lipinski definition) is 5. The second-order valence-electron chi connectivity index (χ2n) is 17.5. The molecular weight excluding hydrogens is 731 g/mol. The number of allylic oxidation sites excluding steroid dienone is 5. The quantitative estimate of drug-likeness (QED) is 0.0323. The topological polar surface area (TPSA) is 95.9 Å². The Bertz CT molecular complexity index is 962. The van der Waals surface area contributed by atoms with Gasteiger partial charge in [-0.3, -0.25) is 9.59 Å². The van der Waals surface area contributed by atoms with Crippen LogP contribution in [0.1, 0.15) is 264 Å². The molecule has 6 heteroatoms.